The topological polar surface area (TPSA) is 54.4 Å². The number of fused-ring (bicyclic) bond motifs is 1. The average Bonchev–Trinajstić information content (AvgIpc) is 2.53. The van der Waals surface area contributed by atoms with Crippen molar-refractivity contribution in [2.75, 3.05) is 51.3 Å². The molecule has 0 unspecified atom stereocenters. The first-order valence-corrected chi connectivity index (χ1v) is 6.92. The predicted molar refractivity (Wildman–Crippen MR) is 77.9 cm³/mol. The van der Waals surface area contributed by atoms with Gasteiger partial charge in [0, 0.05) is 45.6 Å². The van der Waals surface area contributed by atoms with Gasteiger partial charge in [0.15, 0.2) is 5.65 Å². The van der Waals surface area contributed by atoms with Gasteiger partial charge in [0.25, 0.3) is 0 Å². The standard InChI is InChI=1S/C14H19N5O/c1-18(6-7-19-8-10-20-11-9-19)13-3-2-12-14(17-13)16-5-4-15-12/h2-5H,6-11H2,1H3. The lowest BCUT2D eigenvalue weighted by Gasteiger charge is -2.28. The molecule has 0 atom stereocenters. The first kappa shape index (κ1) is 13.2. The van der Waals surface area contributed by atoms with Crippen molar-refractivity contribution in [2.45, 2.75) is 0 Å². The summed E-state index contributed by atoms with van der Waals surface area (Å²) in [7, 11) is 2.06. The van der Waals surface area contributed by atoms with Crippen molar-refractivity contribution in [1.82, 2.24) is 19.9 Å². The fourth-order valence-corrected chi connectivity index (χ4v) is 2.29. The van der Waals surface area contributed by atoms with Gasteiger partial charge in [0.1, 0.15) is 11.3 Å². The molecule has 106 valence electrons. The van der Waals surface area contributed by atoms with E-state index in [0.717, 1.165) is 50.7 Å². The van der Waals surface area contributed by atoms with Crippen LogP contribution in [-0.4, -0.2) is 66.3 Å². The Morgan fingerprint density at radius 1 is 1.20 bits per heavy atom. The normalized spacial score (nSPS) is 16.4. The van der Waals surface area contributed by atoms with Crippen LogP contribution < -0.4 is 4.90 Å². The lowest BCUT2D eigenvalue weighted by molar-refractivity contribution is 0.0393. The fraction of sp³-hybridized carbons (Fsp3) is 0.500. The Kier molecular flexibility index (Phi) is 4.03. The Balaban J connectivity index is 1.64. The number of nitrogens with zero attached hydrogens (tertiary/aromatic N) is 5. The van der Waals surface area contributed by atoms with Crippen LogP contribution in [0.5, 0.6) is 0 Å². The van der Waals surface area contributed by atoms with E-state index < -0.39 is 0 Å². The molecular formula is C14H19N5O. The van der Waals surface area contributed by atoms with E-state index in [0.29, 0.717) is 5.65 Å². The molecule has 0 aliphatic carbocycles. The van der Waals surface area contributed by atoms with E-state index in [1.54, 1.807) is 12.4 Å². The van der Waals surface area contributed by atoms with Gasteiger partial charge in [0.2, 0.25) is 0 Å². The SMILES string of the molecule is CN(CCN1CCOCC1)c1ccc2nccnc2n1. The molecule has 0 bridgehead atoms. The first-order valence-electron chi connectivity index (χ1n) is 6.92. The van der Waals surface area contributed by atoms with Gasteiger partial charge in [-0.05, 0) is 12.1 Å². The monoisotopic (exact) mass is 273 g/mol. The quantitative estimate of drug-likeness (QED) is 0.821. The Hall–Kier alpha value is -1.79. The van der Waals surface area contributed by atoms with E-state index in [1.807, 2.05) is 12.1 Å². The molecule has 0 aromatic carbocycles. The van der Waals surface area contributed by atoms with Crippen LogP contribution >= 0.6 is 0 Å². The number of rotatable bonds is 4. The second-order valence-corrected chi connectivity index (χ2v) is 4.94. The Bertz CT molecular complexity index is 570. The summed E-state index contributed by atoms with van der Waals surface area (Å²) in [6, 6.07) is 3.96. The molecule has 2 aromatic rings. The molecule has 3 rings (SSSR count). The van der Waals surface area contributed by atoms with Crippen LogP contribution in [0.2, 0.25) is 0 Å². The molecule has 0 saturated carbocycles. The highest BCUT2D eigenvalue weighted by Gasteiger charge is 2.11. The maximum absolute atomic E-state index is 5.36. The molecule has 1 fully saturated rings. The lowest BCUT2D eigenvalue weighted by Crippen LogP contribution is -2.40. The maximum Gasteiger partial charge on any atom is 0.180 e. The summed E-state index contributed by atoms with van der Waals surface area (Å²) >= 11 is 0. The number of ether oxygens (including phenoxy) is 1. The minimum absolute atomic E-state index is 0.697. The molecule has 0 amide bonds. The third-order valence-corrected chi connectivity index (χ3v) is 3.56. The van der Waals surface area contributed by atoms with E-state index in [4.69, 9.17) is 4.74 Å². The first-order chi connectivity index (χ1) is 9.83. The van der Waals surface area contributed by atoms with Gasteiger partial charge < -0.3 is 9.64 Å². The molecular weight excluding hydrogens is 254 g/mol. The molecule has 3 heterocycles. The van der Waals surface area contributed by atoms with E-state index in [-0.39, 0.29) is 0 Å². The van der Waals surface area contributed by atoms with Gasteiger partial charge >= 0.3 is 0 Å². The van der Waals surface area contributed by atoms with Crippen molar-refractivity contribution in [2.24, 2.45) is 0 Å². The molecule has 0 N–H and O–H groups in total. The maximum atomic E-state index is 5.36. The molecule has 6 heteroatoms. The Morgan fingerprint density at radius 2 is 2.00 bits per heavy atom. The van der Waals surface area contributed by atoms with E-state index in [1.165, 1.54) is 0 Å². The van der Waals surface area contributed by atoms with Crippen molar-refractivity contribution >= 4 is 17.0 Å². The summed E-state index contributed by atoms with van der Waals surface area (Å²) in [6.07, 6.45) is 3.36. The lowest BCUT2D eigenvalue weighted by atomic mass is 10.3. The molecule has 1 saturated heterocycles. The van der Waals surface area contributed by atoms with Crippen LogP contribution in [-0.2, 0) is 4.74 Å². The van der Waals surface area contributed by atoms with E-state index in [2.05, 4.69) is 31.8 Å². The van der Waals surface area contributed by atoms with Gasteiger partial charge in [-0.3, -0.25) is 9.88 Å². The van der Waals surface area contributed by atoms with Crippen LogP contribution in [0.25, 0.3) is 11.2 Å². The zero-order chi connectivity index (χ0) is 13.8. The van der Waals surface area contributed by atoms with E-state index in [9.17, 15) is 0 Å². The largest absolute Gasteiger partial charge is 0.379 e. The van der Waals surface area contributed by atoms with Crippen molar-refractivity contribution in [1.29, 1.82) is 0 Å². The Labute approximate surface area is 118 Å². The molecule has 6 nitrogen and oxygen atoms in total. The van der Waals surface area contributed by atoms with Crippen LogP contribution in [0.3, 0.4) is 0 Å². The summed E-state index contributed by atoms with van der Waals surface area (Å²) in [5, 5.41) is 0. The van der Waals surface area contributed by atoms with E-state index >= 15 is 0 Å². The minimum Gasteiger partial charge on any atom is -0.379 e. The second-order valence-electron chi connectivity index (χ2n) is 4.94. The summed E-state index contributed by atoms with van der Waals surface area (Å²) in [5.41, 5.74) is 1.53. The number of hydrogen-bond acceptors (Lipinski definition) is 6. The van der Waals surface area contributed by atoms with Crippen LogP contribution in [0, 0.1) is 0 Å². The highest BCUT2D eigenvalue weighted by Crippen LogP contribution is 2.13. The predicted octanol–water partition coefficient (Wildman–Crippen LogP) is 0.793. The number of aromatic nitrogens is 3. The molecule has 2 aromatic heterocycles. The highest BCUT2D eigenvalue weighted by atomic mass is 16.5. The minimum atomic E-state index is 0.697. The molecule has 20 heavy (non-hydrogen) atoms. The number of anilines is 1. The zero-order valence-electron chi connectivity index (χ0n) is 11.7. The van der Waals surface area contributed by atoms with Gasteiger partial charge in [-0.15, -0.1) is 0 Å². The third-order valence-electron chi connectivity index (χ3n) is 3.56. The van der Waals surface area contributed by atoms with Gasteiger partial charge in [-0.1, -0.05) is 0 Å². The van der Waals surface area contributed by atoms with Gasteiger partial charge in [-0.2, -0.15) is 0 Å². The molecule has 1 aliphatic rings. The number of hydrogen-bond donors (Lipinski definition) is 0. The Morgan fingerprint density at radius 3 is 2.85 bits per heavy atom. The smallest absolute Gasteiger partial charge is 0.180 e. The highest BCUT2D eigenvalue weighted by molar-refractivity contribution is 5.71. The van der Waals surface area contributed by atoms with Crippen LogP contribution in [0.15, 0.2) is 24.5 Å². The van der Waals surface area contributed by atoms with Crippen molar-refractivity contribution in [3.8, 4) is 0 Å². The zero-order valence-corrected chi connectivity index (χ0v) is 11.7. The van der Waals surface area contributed by atoms with Gasteiger partial charge in [0.05, 0.1) is 13.2 Å². The summed E-state index contributed by atoms with van der Waals surface area (Å²) in [4.78, 5) is 17.6. The average molecular weight is 273 g/mol. The molecule has 0 radical (unpaired) electrons. The fourth-order valence-electron chi connectivity index (χ4n) is 2.29. The molecule has 0 spiro atoms. The van der Waals surface area contributed by atoms with Crippen molar-refractivity contribution in [3.63, 3.8) is 0 Å². The molecule has 1 aliphatic heterocycles. The number of likely N-dealkylation sites (N-methyl/N-ethyl adjacent to an activating group) is 1. The summed E-state index contributed by atoms with van der Waals surface area (Å²) in [5.74, 6) is 0.936. The summed E-state index contributed by atoms with van der Waals surface area (Å²) < 4.78 is 5.36. The van der Waals surface area contributed by atoms with Crippen molar-refractivity contribution in [3.05, 3.63) is 24.5 Å². The third kappa shape index (κ3) is 3.02. The number of pyridine rings is 1. The van der Waals surface area contributed by atoms with Crippen LogP contribution in [0.4, 0.5) is 5.82 Å². The van der Waals surface area contributed by atoms with Crippen molar-refractivity contribution < 1.29 is 4.74 Å². The number of morpholine rings is 1. The summed E-state index contributed by atoms with van der Waals surface area (Å²) in [6.45, 7) is 5.69. The second kappa shape index (κ2) is 6.11. The van der Waals surface area contributed by atoms with Gasteiger partial charge in [-0.25, -0.2) is 9.97 Å². The van der Waals surface area contributed by atoms with Crippen LogP contribution in [0.1, 0.15) is 0 Å².